The molecule has 0 unspecified atom stereocenters. The molecule has 1 N–H and O–H groups in total. The predicted molar refractivity (Wildman–Crippen MR) is 77.7 cm³/mol. The molecule has 0 bridgehead atoms. The van der Waals surface area contributed by atoms with Crippen LogP contribution in [-0.2, 0) is 0 Å². The van der Waals surface area contributed by atoms with E-state index in [0.717, 1.165) is 38.8 Å². The Balaban J connectivity index is 2.01. The molecule has 2 aliphatic carbocycles. The van der Waals surface area contributed by atoms with E-state index in [2.05, 4.69) is 0 Å². The summed E-state index contributed by atoms with van der Waals surface area (Å²) in [6, 6.07) is 4.30. The molecule has 0 saturated heterocycles. The van der Waals surface area contributed by atoms with Crippen LogP contribution in [0, 0.1) is 22.0 Å². The number of nitro groups is 1. The number of para-hydroxylation sites is 1. The third-order valence-corrected chi connectivity index (χ3v) is 4.11. The lowest BCUT2D eigenvalue weighted by molar-refractivity contribution is -0.384. The standard InChI is InChI=1S/C15H18N2O4/c18-15(19)12-2-1-3-13(17(20)21)14(12)16(8-10-4-5-10)9-11-6-7-11/h1-3,10-11H,4-9H2,(H,18,19). The summed E-state index contributed by atoms with van der Waals surface area (Å²) < 4.78 is 0. The second kappa shape index (κ2) is 5.35. The molecule has 0 atom stereocenters. The summed E-state index contributed by atoms with van der Waals surface area (Å²) >= 11 is 0. The molecule has 6 heteroatoms. The molecule has 1 aromatic rings. The largest absolute Gasteiger partial charge is 0.478 e. The van der Waals surface area contributed by atoms with Crippen LogP contribution in [0.2, 0.25) is 0 Å². The summed E-state index contributed by atoms with van der Waals surface area (Å²) in [6.07, 6.45) is 4.52. The van der Waals surface area contributed by atoms with Gasteiger partial charge in [0.1, 0.15) is 5.69 Å². The minimum atomic E-state index is -1.11. The predicted octanol–water partition coefficient (Wildman–Crippen LogP) is 2.92. The lowest BCUT2D eigenvalue weighted by Crippen LogP contribution is -2.30. The van der Waals surface area contributed by atoms with Crippen LogP contribution >= 0.6 is 0 Å². The topological polar surface area (TPSA) is 83.7 Å². The van der Waals surface area contributed by atoms with Gasteiger partial charge < -0.3 is 10.0 Å². The van der Waals surface area contributed by atoms with Gasteiger partial charge in [-0.2, -0.15) is 0 Å². The SMILES string of the molecule is O=C(O)c1cccc([N+](=O)[O-])c1N(CC1CC1)CC1CC1. The molecule has 0 spiro atoms. The summed E-state index contributed by atoms with van der Waals surface area (Å²) in [5.74, 6) is -0.0132. The zero-order chi connectivity index (χ0) is 15.0. The van der Waals surface area contributed by atoms with Crippen molar-refractivity contribution in [2.75, 3.05) is 18.0 Å². The molecule has 0 radical (unpaired) electrons. The maximum atomic E-state index is 11.5. The number of carboxylic acid groups (broad SMARTS) is 1. The molecule has 0 heterocycles. The zero-order valence-corrected chi connectivity index (χ0v) is 11.7. The zero-order valence-electron chi connectivity index (χ0n) is 11.7. The number of hydrogen-bond donors (Lipinski definition) is 1. The second-order valence-corrected chi connectivity index (χ2v) is 6.03. The van der Waals surface area contributed by atoms with Gasteiger partial charge in [0.25, 0.3) is 5.69 Å². The summed E-state index contributed by atoms with van der Waals surface area (Å²) in [5.41, 5.74) is 0.218. The first-order chi connectivity index (χ1) is 10.1. The fraction of sp³-hybridized carbons (Fsp3) is 0.533. The lowest BCUT2D eigenvalue weighted by Gasteiger charge is -2.26. The van der Waals surface area contributed by atoms with E-state index in [4.69, 9.17) is 0 Å². The molecule has 112 valence electrons. The van der Waals surface area contributed by atoms with Crippen LogP contribution in [0.25, 0.3) is 0 Å². The molecule has 0 aliphatic heterocycles. The first kappa shape index (κ1) is 13.9. The van der Waals surface area contributed by atoms with E-state index >= 15 is 0 Å². The van der Waals surface area contributed by atoms with Crippen LogP contribution in [0.15, 0.2) is 18.2 Å². The van der Waals surface area contributed by atoms with Crippen LogP contribution in [0.1, 0.15) is 36.0 Å². The first-order valence-electron chi connectivity index (χ1n) is 7.32. The molecule has 1 aromatic carbocycles. The Morgan fingerprint density at radius 2 is 1.81 bits per heavy atom. The summed E-state index contributed by atoms with van der Waals surface area (Å²) in [6.45, 7) is 1.45. The molecule has 3 rings (SSSR count). The fourth-order valence-corrected chi connectivity index (χ4v) is 2.66. The van der Waals surface area contributed by atoms with Crippen molar-refractivity contribution >= 4 is 17.3 Å². The Morgan fingerprint density at radius 3 is 2.24 bits per heavy atom. The van der Waals surface area contributed by atoms with Gasteiger partial charge in [-0.15, -0.1) is 0 Å². The number of benzene rings is 1. The van der Waals surface area contributed by atoms with Crippen molar-refractivity contribution in [3.8, 4) is 0 Å². The van der Waals surface area contributed by atoms with E-state index in [9.17, 15) is 20.0 Å². The van der Waals surface area contributed by atoms with Gasteiger partial charge in [-0.05, 0) is 43.6 Å². The molecule has 0 amide bonds. The Hall–Kier alpha value is -2.11. The minimum Gasteiger partial charge on any atom is -0.478 e. The van der Waals surface area contributed by atoms with Crippen LogP contribution in [0.4, 0.5) is 11.4 Å². The number of carboxylic acids is 1. The molecule has 2 aliphatic rings. The number of nitro benzene ring substituents is 1. The van der Waals surface area contributed by atoms with Gasteiger partial charge in [-0.1, -0.05) is 6.07 Å². The summed E-state index contributed by atoms with van der Waals surface area (Å²) in [4.78, 5) is 24.2. The average molecular weight is 290 g/mol. The van der Waals surface area contributed by atoms with Crippen molar-refractivity contribution in [2.24, 2.45) is 11.8 Å². The number of anilines is 1. The van der Waals surface area contributed by atoms with Crippen molar-refractivity contribution in [2.45, 2.75) is 25.7 Å². The van der Waals surface area contributed by atoms with Gasteiger partial charge in [-0.3, -0.25) is 10.1 Å². The molecular weight excluding hydrogens is 272 g/mol. The quantitative estimate of drug-likeness (QED) is 0.616. The monoisotopic (exact) mass is 290 g/mol. The van der Waals surface area contributed by atoms with Crippen molar-refractivity contribution in [3.63, 3.8) is 0 Å². The highest BCUT2D eigenvalue weighted by Crippen LogP contribution is 2.40. The third kappa shape index (κ3) is 3.15. The molecule has 0 aromatic heterocycles. The van der Waals surface area contributed by atoms with E-state index in [1.165, 1.54) is 18.2 Å². The molecule has 6 nitrogen and oxygen atoms in total. The van der Waals surface area contributed by atoms with Gasteiger partial charge in [0.2, 0.25) is 0 Å². The Kier molecular flexibility index (Phi) is 3.53. The van der Waals surface area contributed by atoms with Crippen molar-refractivity contribution in [1.29, 1.82) is 0 Å². The lowest BCUT2D eigenvalue weighted by atomic mass is 10.1. The van der Waals surface area contributed by atoms with Gasteiger partial charge in [0.15, 0.2) is 0 Å². The normalized spacial score (nSPS) is 17.5. The number of carbonyl (C=O) groups is 1. The number of hydrogen-bond acceptors (Lipinski definition) is 4. The van der Waals surface area contributed by atoms with E-state index < -0.39 is 10.9 Å². The fourth-order valence-electron chi connectivity index (χ4n) is 2.66. The van der Waals surface area contributed by atoms with Gasteiger partial charge in [0, 0.05) is 19.2 Å². The van der Waals surface area contributed by atoms with E-state index in [-0.39, 0.29) is 16.9 Å². The van der Waals surface area contributed by atoms with Crippen LogP contribution in [0.5, 0.6) is 0 Å². The summed E-state index contributed by atoms with van der Waals surface area (Å²) in [5, 5.41) is 20.7. The smallest absolute Gasteiger partial charge is 0.338 e. The highest BCUT2D eigenvalue weighted by molar-refractivity contribution is 5.97. The minimum absolute atomic E-state index is 0.0329. The van der Waals surface area contributed by atoms with Crippen molar-refractivity contribution in [1.82, 2.24) is 0 Å². The van der Waals surface area contributed by atoms with Crippen LogP contribution in [0.3, 0.4) is 0 Å². The number of nitrogens with zero attached hydrogens (tertiary/aromatic N) is 2. The molecule has 2 fully saturated rings. The van der Waals surface area contributed by atoms with Gasteiger partial charge >= 0.3 is 5.97 Å². The number of rotatable bonds is 7. The highest BCUT2D eigenvalue weighted by atomic mass is 16.6. The first-order valence-corrected chi connectivity index (χ1v) is 7.32. The van der Waals surface area contributed by atoms with Gasteiger partial charge in [0.05, 0.1) is 10.5 Å². The van der Waals surface area contributed by atoms with Gasteiger partial charge in [-0.25, -0.2) is 4.79 Å². The third-order valence-electron chi connectivity index (χ3n) is 4.11. The maximum Gasteiger partial charge on any atom is 0.338 e. The highest BCUT2D eigenvalue weighted by Gasteiger charge is 2.34. The molecular formula is C15H18N2O4. The van der Waals surface area contributed by atoms with E-state index in [1.54, 1.807) is 0 Å². The average Bonchev–Trinajstić information content (AvgIpc) is 3.32. The Labute approximate surface area is 122 Å². The van der Waals surface area contributed by atoms with Crippen LogP contribution in [-0.4, -0.2) is 29.1 Å². The van der Waals surface area contributed by atoms with Crippen LogP contribution < -0.4 is 4.90 Å². The number of aromatic carboxylic acids is 1. The second-order valence-electron chi connectivity index (χ2n) is 6.03. The molecule has 21 heavy (non-hydrogen) atoms. The van der Waals surface area contributed by atoms with E-state index in [1.807, 2.05) is 4.90 Å². The van der Waals surface area contributed by atoms with Crippen molar-refractivity contribution < 1.29 is 14.8 Å². The summed E-state index contributed by atoms with van der Waals surface area (Å²) in [7, 11) is 0. The molecule has 2 saturated carbocycles. The van der Waals surface area contributed by atoms with E-state index in [0.29, 0.717) is 11.8 Å². The Morgan fingerprint density at radius 1 is 1.24 bits per heavy atom. The van der Waals surface area contributed by atoms with Crippen molar-refractivity contribution in [3.05, 3.63) is 33.9 Å². The maximum absolute atomic E-state index is 11.5. The Bertz CT molecular complexity index is 533.